The van der Waals surface area contributed by atoms with Gasteiger partial charge in [-0.1, -0.05) is 37.8 Å². The summed E-state index contributed by atoms with van der Waals surface area (Å²) in [5, 5.41) is 9.69. The molecule has 0 saturated heterocycles. The third-order valence-electron chi connectivity index (χ3n) is 2.87. The molecule has 0 aliphatic heterocycles. The quantitative estimate of drug-likeness (QED) is 0.725. The molecule has 0 saturated carbocycles. The third kappa shape index (κ3) is 4.78. The van der Waals surface area contributed by atoms with Gasteiger partial charge in [0.25, 0.3) is 0 Å². The molecular formula is C15H24O2. The average molecular weight is 236 g/mol. The van der Waals surface area contributed by atoms with Gasteiger partial charge in [0, 0.05) is 5.56 Å². The van der Waals surface area contributed by atoms with Gasteiger partial charge < -0.3 is 9.84 Å². The zero-order valence-corrected chi connectivity index (χ0v) is 11.2. The van der Waals surface area contributed by atoms with Crippen LogP contribution in [0.5, 0.6) is 5.75 Å². The summed E-state index contributed by atoms with van der Waals surface area (Å²) in [6, 6.07) is 5.97. The molecule has 1 rings (SSSR count). The summed E-state index contributed by atoms with van der Waals surface area (Å²) in [7, 11) is 0. The molecule has 2 heteroatoms. The molecule has 96 valence electrons. The van der Waals surface area contributed by atoms with E-state index in [9.17, 15) is 5.11 Å². The van der Waals surface area contributed by atoms with Crippen LogP contribution >= 0.6 is 0 Å². The summed E-state index contributed by atoms with van der Waals surface area (Å²) in [6.45, 7) is 6.74. The van der Waals surface area contributed by atoms with Crippen molar-refractivity contribution in [1.29, 1.82) is 0 Å². The van der Waals surface area contributed by atoms with Crippen LogP contribution < -0.4 is 4.74 Å². The fourth-order valence-electron chi connectivity index (χ4n) is 1.84. The standard InChI is InChI=1S/C15H24O2/c1-4-5-6-7-10-17-15-9-8-12(2)11-14(15)13(3)16/h8-9,11,13,16H,4-7,10H2,1-3H3/t13-/m1/s1. The first-order valence-corrected chi connectivity index (χ1v) is 6.56. The number of rotatable bonds is 7. The zero-order valence-electron chi connectivity index (χ0n) is 11.2. The van der Waals surface area contributed by atoms with Crippen molar-refractivity contribution in [3.05, 3.63) is 29.3 Å². The van der Waals surface area contributed by atoms with Crippen LogP contribution in [0.3, 0.4) is 0 Å². The lowest BCUT2D eigenvalue weighted by Gasteiger charge is -2.14. The van der Waals surface area contributed by atoms with Crippen molar-refractivity contribution in [2.45, 2.75) is 52.6 Å². The molecule has 0 radical (unpaired) electrons. The van der Waals surface area contributed by atoms with Gasteiger partial charge in [-0.25, -0.2) is 0 Å². The summed E-state index contributed by atoms with van der Waals surface area (Å²) in [5.41, 5.74) is 2.04. The lowest BCUT2D eigenvalue weighted by Crippen LogP contribution is -2.02. The van der Waals surface area contributed by atoms with Gasteiger partial charge in [-0.2, -0.15) is 0 Å². The highest BCUT2D eigenvalue weighted by atomic mass is 16.5. The van der Waals surface area contributed by atoms with Gasteiger partial charge in [0.05, 0.1) is 12.7 Å². The minimum Gasteiger partial charge on any atom is -0.493 e. The van der Waals surface area contributed by atoms with Crippen molar-refractivity contribution < 1.29 is 9.84 Å². The Bertz CT molecular complexity index is 332. The first kappa shape index (κ1) is 14.0. The Kier molecular flexibility index (Phi) is 6.06. The molecule has 0 amide bonds. The van der Waals surface area contributed by atoms with Gasteiger partial charge in [-0.3, -0.25) is 0 Å². The smallest absolute Gasteiger partial charge is 0.125 e. The van der Waals surface area contributed by atoms with Gasteiger partial charge in [0.1, 0.15) is 5.75 Å². The molecule has 0 fully saturated rings. The Morgan fingerprint density at radius 3 is 2.65 bits per heavy atom. The maximum atomic E-state index is 9.69. The van der Waals surface area contributed by atoms with Gasteiger partial charge in [0.2, 0.25) is 0 Å². The van der Waals surface area contributed by atoms with E-state index in [0.717, 1.165) is 29.9 Å². The molecule has 0 bridgehead atoms. The minimum absolute atomic E-state index is 0.472. The summed E-state index contributed by atoms with van der Waals surface area (Å²) >= 11 is 0. The summed E-state index contributed by atoms with van der Waals surface area (Å²) in [5.74, 6) is 0.821. The van der Waals surface area contributed by atoms with E-state index in [1.54, 1.807) is 6.92 Å². The number of ether oxygens (including phenoxy) is 1. The predicted octanol–water partition coefficient (Wildman–Crippen LogP) is 4.01. The van der Waals surface area contributed by atoms with Crippen LogP contribution in [-0.4, -0.2) is 11.7 Å². The van der Waals surface area contributed by atoms with Crippen LogP contribution in [0.2, 0.25) is 0 Å². The number of hydrogen-bond donors (Lipinski definition) is 1. The van der Waals surface area contributed by atoms with Crippen molar-refractivity contribution >= 4 is 0 Å². The molecule has 17 heavy (non-hydrogen) atoms. The largest absolute Gasteiger partial charge is 0.493 e. The Morgan fingerprint density at radius 2 is 2.00 bits per heavy atom. The molecule has 0 spiro atoms. The maximum absolute atomic E-state index is 9.69. The van der Waals surface area contributed by atoms with E-state index in [1.165, 1.54) is 19.3 Å². The summed E-state index contributed by atoms with van der Waals surface area (Å²) in [6.07, 6.45) is 4.33. The maximum Gasteiger partial charge on any atom is 0.125 e. The molecule has 0 aliphatic carbocycles. The van der Waals surface area contributed by atoms with E-state index < -0.39 is 6.10 Å². The SMILES string of the molecule is CCCCCCOc1ccc(C)cc1[C@@H](C)O. The van der Waals surface area contributed by atoms with Crippen LogP contribution in [0.4, 0.5) is 0 Å². The minimum atomic E-state index is -0.472. The monoisotopic (exact) mass is 236 g/mol. The Labute approximate surface area is 105 Å². The van der Waals surface area contributed by atoms with E-state index in [-0.39, 0.29) is 0 Å². The van der Waals surface area contributed by atoms with Gasteiger partial charge in [-0.15, -0.1) is 0 Å². The normalized spacial score (nSPS) is 12.5. The van der Waals surface area contributed by atoms with Gasteiger partial charge in [-0.05, 0) is 32.4 Å². The molecule has 1 atom stereocenters. The van der Waals surface area contributed by atoms with E-state index in [1.807, 2.05) is 25.1 Å². The molecule has 1 N–H and O–H groups in total. The lowest BCUT2D eigenvalue weighted by atomic mass is 10.1. The highest BCUT2D eigenvalue weighted by Gasteiger charge is 2.09. The number of aliphatic hydroxyl groups is 1. The highest BCUT2D eigenvalue weighted by Crippen LogP contribution is 2.26. The molecule has 0 heterocycles. The second-order valence-corrected chi connectivity index (χ2v) is 4.63. The van der Waals surface area contributed by atoms with E-state index in [2.05, 4.69) is 6.92 Å². The molecule has 0 aromatic heterocycles. The van der Waals surface area contributed by atoms with E-state index in [0.29, 0.717) is 0 Å². The summed E-state index contributed by atoms with van der Waals surface area (Å²) in [4.78, 5) is 0. The van der Waals surface area contributed by atoms with Crippen LogP contribution in [0.1, 0.15) is 56.8 Å². The van der Waals surface area contributed by atoms with Crippen molar-refractivity contribution in [1.82, 2.24) is 0 Å². The zero-order chi connectivity index (χ0) is 12.7. The number of hydrogen-bond acceptors (Lipinski definition) is 2. The van der Waals surface area contributed by atoms with Crippen molar-refractivity contribution in [3.8, 4) is 5.75 Å². The third-order valence-corrected chi connectivity index (χ3v) is 2.87. The number of aliphatic hydroxyl groups excluding tert-OH is 1. The molecule has 0 unspecified atom stereocenters. The molecule has 0 aliphatic rings. The molecule has 2 nitrogen and oxygen atoms in total. The molecule has 1 aromatic rings. The Hall–Kier alpha value is -1.02. The van der Waals surface area contributed by atoms with Crippen LogP contribution in [0.15, 0.2) is 18.2 Å². The van der Waals surface area contributed by atoms with Crippen LogP contribution in [0, 0.1) is 6.92 Å². The second kappa shape index (κ2) is 7.33. The average Bonchev–Trinajstić information content (AvgIpc) is 2.30. The van der Waals surface area contributed by atoms with Gasteiger partial charge in [0.15, 0.2) is 0 Å². The van der Waals surface area contributed by atoms with Gasteiger partial charge >= 0.3 is 0 Å². The van der Waals surface area contributed by atoms with Crippen LogP contribution in [0.25, 0.3) is 0 Å². The second-order valence-electron chi connectivity index (χ2n) is 4.63. The van der Waals surface area contributed by atoms with Crippen LogP contribution in [-0.2, 0) is 0 Å². The number of benzene rings is 1. The Morgan fingerprint density at radius 1 is 1.24 bits per heavy atom. The topological polar surface area (TPSA) is 29.5 Å². The van der Waals surface area contributed by atoms with E-state index >= 15 is 0 Å². The molecular weight excluding hydrogens is 212 g/mol. The summed E-state index contributed by atoms with van der Waals surface area (Å²) < 4.78 is 5.74. The number of unbranched alkanes of at least 4 members (excludes halogenated alkanes) is 3. The Balaban J connectivity index is 2.52. The van der Waals surface area contributed by atoms with Crippen molar-refractivity contribution in [2.75, 3.05) is 6.61 Å². The highest BCUT2D eigenvalue weighted by molar-refractivity contribution is 5.38. The fraction of sp³-hybridized carbons (Fsp3) is 0.600. The number of aryl methyl sites for hydroxylation is 1. The predicted molar refractivity (Wildman–Crippen MR) is 71.4 cm³/mol. The van der Waals surface area contributed by atoms with Crippen molar-refractivity contribution in [2.24, 2.45) is 0 Å². The first-order valence-electron chi connectivity index (χ1n) is 6.56. The molecule has 1 aromatic carbocycles. The van der Waals surface area contributed by atoms with Crippen molar-refractivity contribution in [3.63, 3.8) is 0 Å². The van der Waals surface area contributed by atoms with E-state index in [4.69, 9.17) is 4.74 Å². The lowest BCUT2D eigenvalue weighted by molar-refractivity contribution is 0.190. The first-order chi connectivity index (χ1) is 8.15. The fourth-order valence-corrected chi connectivity index (χ4v) is 1.84.